The molecule has 0 N–H and O–H groups in total. The van der Waals surface area contributed by atoms with E-state index in [4.69, 9.17) is 4.74 Å². The molecule has 1 amide bonds. The van der Waals surface area contributed by atoms with Crippen molar-refractivity contribution in [2.45, 2.75) is 39.4 Å². The Balaban J connectivity index is 1.65. The first-order valence-electron chi connectivity index (χ1n) is 9.58. The van der Waals surface area contributed by atoms with Gasteiger partial charge in [0.25, 0.3) is 11.5 Å². The molecule has 0 aliphatic carbocycles. The predicted octanol–water partition coefficient (Wildman–Crippen LogP) is 2.16. The fraction of sp³-hybridized carbons (Fsp3) is 0.318. The van der Waals surface area contributed by atoms with Gasteiger partial charge in [-0.3, -0.25) is 14.4 Å². The predicted molar refractivity (Wildman–Crippen MR) is 112 cm³/mol. The lowest BCUT2D eigenvalue weighted by molar-refractivity contribution is -0.155. The average Bonchev–Trinajstić information content (AvgIpc) is 2.72. The van der Waals surface area contributed by atoms with E-state index >= 15 is 0 Å². The number of benzene rings is 2. The van der Waals surface area contributed by atoms with Crippen LogP contribution in [0.2, 0.25) is 0 Å². The van der Waals surface area contributed by atoms with Crippen LogP contribution in [0.3, 0.4) is 0 Å². The van der Waals surface area contributed by atoms with Gasteiger partial charge in [0.1, 0.15) is 12.1 Å². The standard InChI is InChI=1S/C22H24N4O4/c1-22(2,3)25(13-16-9-5-4-6-10-16)19(27)15-30-20(28)14-26-21(29)17-11-7-8-12-18(17)23-24-26/h4-12H,13-15H2,1-3H3. The van der Waals surface area contributed by atoms with Crippen molar-refractivity contribution in [1.82, 2.24) is 19.9 Å². The quantitative estimate of drug-likeness (QED) is 0.580. The Labute approximate surface area is 174 Å². The second kappa shape index (κ2) is 8.86. The molecule has 0 unspecified atom stereocenters. The normalized spacial score (nSPS) is 11.3. The molecule has 3 aromatic rings. The Morgan fingerprint density at radius 1 is 1.03 bits per heavy atom. The van der Waals surface area contributed by atoms with Crippen LogP contribution in [-0.2, 0) is 27.4 Å². The minimum absolute atomic E-state index is 0.323. The number of rotatable bonds is 6. The molecule has 8 nitrogen and oxygen atoms in total. The van der Waals surface area contributed by atoms with Gasteiger partial charge >= 0.3 is 5.97 Å². The lowest BCUT2D eigenvalue weighted by Gasteiger charge is -2.35. The molecule has 3 rings (SSSR count). The van der Waals surface area contributed by atoms with Crippen LogP contribution in [0, 0.1) is 0 Å². The summed E-state index contributed by atoms with van der Waals surface area (Å²) in [6.45, 7) is 5.31. The Morgan fingerprint density at radius 3 is 2.40 bits per heavy atom. The van der Waals surface area contributed by atoms with Crippen LogP contribution in [0.25, 0.3) is 10.9 Å². The third-order valence-corrected chi connectivity index (χ3v) is 4.56. The molecule has 0 aliphatic heterocycles. The summed E-state index contributed by atoms with van der Waals surface area (Å²) in [4.78, 5) is 39.0. The van der Waals surface area contributed by atoms with Gasteiger partial charge in [-0.2, -0.15) is 4.68 Å². The van der Waals surface area contributed by atoms with E-state index < -0.39 is 30.2 Å². The summed E-state index contributed by atoms with van der Waals surface area (Å²) >= 11 is 0. The summed E-state index contributed by atoms with van der Waals surface area (Å²) in [6, 6.07) is 16.3. The van der Waals surface area contributed by atoms with Crippen molar-refractivity contribution >= 4 is 22.8 Å². The molecule has 0 bridgehead atoms. The number of carbonyl (C=O) groups is 2. The first-order valence-corrected chi connectivity index (χ1v) is 9.58. The second-order valence-electron chi connectivity index (χ2n) is 7.87. The molecule has 1 heterocycles. The summed E-state index contributed by atoms with van der Waals surface area (Å²) < 4.78 is 6.06. The van der Waals surface area contributed by atoms with Crippen molar-refractivity contribution in [3.63, 3.8) is 0 Å². The highest BCUT2D eigenvalue weighted by Gasteiger charge is 2.27. The molecule has 0 fully saturated rings. The molecule has 2 aromatic carbocycles. The second-order valence-corrected chi connectivity index (χ2v) is 7.87. The zero-order valence-corrected chi connectivity index (χ0v) is 17.2. The number of carbonyl (C=O) groups excluding carboxylic acids is 2. The van der Waals surface area contributed by atoms with E-state index in [-0.39, 0.29) is 5.91 Å². The highest BCUT2D eigenvalue weighted by atomic mass is 16.5. The maximum atomic E-state index is 12.7. The SMILES string of the molecule is CC(C)(C)N(Cc1ccccc1)C(=O)COC(=O)Cn1nnc2ccccc2c1=O. The first kappa shape index (κ1) is 21.2. The summed E-state index contributed by atoms with van der Waals surface area (Å²) in [7, 11) is 0. The topological polar surface area (TPSA) is 94.4 Å². The largest absolute Gasteiger partial charge is 0.454 e. The van der Waals surface area contributed by atoms with E-state index in [9.17, 15) is 14.4 Å². The number of fused-ring (bicyclic) bond motifs is 1. The molecule has 8 heteroatoms. The molecule has 0 atom stereocenters. The molecule has 0 spiro atoms. The molecule has 1 aromatic heterocycles. The van der Waals surface area contributed by atoms with Gasteiger partial charge in [0.2, 0.25) is 0 Å². The van der Waals surface area contributed by atoms with Crippen LogP contribution in [0.15, 0.2) is 59.4 Å². The molecular weight excluding hydrogens is 384 g/mol. The Bertz CT molecular complexity index is 1100. The number of nitrogens with zero attached hydrogens (tertiary/aromatic N) is 4. The molecule has 0 saturated carbocycles. The van der Waals surface area contributed by atoms with Gasteiger partial charge in [-0.15, -0.1) is 5.10 Å². The van der Waals surface area contributed by atoms with E-state index in [1.54, 1.807) is 29.2 Å². The zero-order chi connectivity index (χ0) is 21.7. The number of hydrogen-bond donors (Lipinski definition) is 0. The number of amides is 1. The number of esters is 1. The van der Waals surface area contributed by atoms with Crippen LogP contribution in [0.1, 0.15) is 26.3 Å². The van der Waals surface area contributed by atoms with Crippen LogP contribution >= 0.6 is 0 Å². The number of aromatic nitrogens is 3. The molecule has 0 radical (unpaired) electrons. The van der Waals surface area contributed by atoms with Gasteiger partial charge in [-0.1, -0.05) is 47.7 Å². The third-order valence-electron chi connectivity index (χ3n) is 4.56. The lowest BCUT2D eigenvalue weighted by atomic mass is 10.0. The van der Waals surface area contributed by atoms with Crippen molar-refractivity contribution in [2.24, 2.45) is 0 Å². The van der Waals surface area contributed by atoms with Crippen molar-refractivity contribution in [1.29, 1.82) is 0 Å². The van der Waals surface area contributed by atoms with Crippen LogP contribution in [0.5, 0.6) is 0 Å². The fourth-order valence-corrected chi connectivity index (χ4v) is 2.98. The van der Waals surface area contributed by atoms with Crippen molar-refractivity contribution in [3.05, 3.63) is 70.5 Å². The zero-order valence-electron chi connectivity index (χ0n) is 17.2. The lowest BCUT2D eigenvalue weighted by Crippen LogP contribution is -2.47. The van der Waals surface area contributed by atoms with E-state index in [2.05, 4.69) is 10.3 Å². The third kappa shape index (κ3) is 5.08. The fourth-order valence-electron chi connectivity index (χ4n) is 2.98. The first-order chi connectivity index (χ1) is 14.3. The Kier molecular flexibility index (Phi) is 6.25. The Hall–Kier alpha value is -3.55. The smallest absolute Gasteiger partial charge is 0.328 e. The van der Waals surface area contributed by atoms with E-state index in [1.807, 2.05) is 51.1 Å². The van der Waals surface area contributed by atoms with Crippen molar-refractivity contribution < 1.29 is 14.3 Å². The average molecular weight is 408 g/mol. The van der Waals surface area contributed by atoms with E-state index in [1.165, 1.54) is 0 Å². The van der Waals surface area contributed by atoms with Crippen LogP contribution < -0.4 is 5.56 Å². The minimum atomic E-state index is -0.733. The summed E-state index contributed by atoms with van der Waals surface area (Å²) in [5.41, 5.74) is 0.526. The van der Waals surface area contributed by atoms with Gasteiger partial charge in [0.05, 0.1) is 5.39 Å². The summed E-state index contributed by atoms with van der Waals surface area (Å²) in [5, 5.41) is 8.05. The highest BCUT2D eigenvalue weighted by molar-refractivity contribution is 5.81. The van der Waals surface area contributed by atoms with Gasteiger partial charge in [0, 0.05) is 12.1 Å². The van der Waals surface area contributed by atoms with Crippen molar-refractivity contribution in [3.8, 4) is 0 Å². The molecule has 0 aliphatic rings. The van der Waals surface area contributed by atoms with Crippen LogP contribution in [0.4, 0.5) is 0 Å². The van der Waals surface area contributed by atoms with Gasteiger partial charge in [-0.05, 0) is 38.5 Å². The number of hydrogen-bond acceptors (Lipinski definition) is 6. The van der Waals surface area contributed by atoms with E-state index in [0.717, 1.165) is 10.2 Å². The Morgan fingerprint density at radius 2 is 1.70 bits per heavy atom. The highest BCUT2D eigenvalue weighted by Crippen LogP contribution is 2.17. The van der Waals surface area contributed by atoms with Gasteiger partial charge < -0.3 is 9.64 Å². The van der Waals surface area contributed by atoms with Crippen molar-refractivity contribution in [2.75, 3.05) is 6.61 Å². The molecule has 156 valence electrons. The van der Waals surface area contributed by atoms with Crippen LogP contribution in [-0.4, -0.2) is 43.9 Å². The minimum Gasteiger partial charge on any atom is -0.454 e. The number of ether oxygens (including phenoxy) is 1. The monoisotopic (exact) mass is 408 g/mol. The van der Waals surface area contributed by atoms with Gasteiger partial charge in [0.15, 0.2) is 6.61 Å². The maximum absolute atomic E-state index is 12.7. The summed E-state index contributed by atoms with van der Waals surface area (Å²) in [5.74, 6) is -1.06. The summed E-state index contributed by atoms with van der Waals surface area (Å²) in [6.07, 6.45) is 0. The van der Waals surface area contributed by atoms with Gasteiger partial charge in [-0.25, -0.2) is 0 Å². The molecule has 30 heavy (non-hydrogen) atoms. The molecule has 0 saturated heterocycles. The maximum Gasteiger partial charge on any atom is 0.328 e. The van der Waals surface area contributed by atoms with E-state index in [0.29, 0.717) is 17.4 Å². The molecular formula is C22H24N4O4.